The molecule has 0 aliphatic carbocycles. The van der Waals surface area contributed by atoms with Crippen molar-refractivity contribution in [2.45, 2.75) is 20.4 Å². The zero-order valence-corrected chi connectivity index (χ0v) is 9.87. The molecular weight excluding hydrogens is 223 g/mol. The number of nitrogens with two attached hydrogens (primary N) is 1. The highest BCUT2D eigenvalue weighted by molar-refractivity contribution is 5.82. The van der Waals surface area contributed by atoms with E-state index in [1.807, 2.05) is 0 Å². The lowest BCUT2D eigenvalue weighted by Gasteiger charge is -2.16. The van der Waals surface area contributed by atoms with Crippen molar-refractivity contribution in [3.63, 3.8) is 0 Å². The second kappa shape index (κ2) is 4.00. The van der Waals surface area contributed by atoms with Gasteiger partial charge in [0, 0.05) is 11.3 Å². The molecule has 0 radical (unpaired) electrons. The van der Waals surface area contributed by atoms with Gasteiger partial charge in [-0.2, -0.15) is 0 Å². The Labute approximate surface area is 99.1 Å². The maximum Gasteiger partial charge on any atom is 0.254 e. The number of carbonyl (C=O) groups excluding carboxylic acids is 1. The largest absolute Gasteiger partial charge is 0.399 e. The number of hydroxylamine groups is 2. The lowest BCUT2D eigenvalue weighted by molar-refractivity contribution is -0.165. The van der Waals surface area contributed by atoms with Crippen LogP contribution < -0.4 is 5.73 Å². The van der Waals surface area contributed by atoms with Crippen LogP contribution in [0.15, 0.2) is 18.2 Å². The van der Waals surface area contributed by atoms with Crippen molar-refractivity contribution in [1.82, 2.24) is 5.06 Å². The first-order valence-electron chi connectivity index (χ1n) is 5.39. The van der Waals surface area contributed by atoms with Crippen molar-refractivity contribution >= 4 is 11.6 Å². The highest BCUT2D eigenvalue weighted by atomic mass is 19.1. The molecule has 0 aromatic heterocycles. The van der Waals surface area contributed by atoms with E-state index in [-0.39, 0.29) is 12.5 Å². The quantitative estimate of drug-likeness (QED) is 0.798. The van der Waals surface area contributed by atoms with Gasteiger partial charge in [0.05, 0.1) is 18.6 Å². The second-order valence-corrected chi connectivity index (χ2v) is 4.85. The number of hydrogen-bond donors (Lipinski definition) is 1. The third-order valence-electron chi connectivity index (χ3n) is 2.78. The van der Waals surface area contributed by atoms with Crippen LogP contribution in [0.1, 0.15) is 19.4 Å². The molecule has 1 aromatic rings. The molecule has 1 aliphatic rings. The van der Waals surface area contributed by atoms with E-state index in [1.165, 1.54) is 11.1 Å². The van der Waals surface area contributed by atoms with Gasteiger partial charge in [0.25, 0.3) is 5.91 Å². The fourth-order valence-electron chi connectivity index (χ4n) is 1.66. The predicted molar refractivity (Wildman–Crippen MR) is 61.1 cm³/mol. The van der Waals surface area contributed by atoms with Crippen molar-refractivity contribution < 1.29 is 14.0 Å². The van der Waals surface area contributed by atoms with Gasteiger partial charge in [-0.1, -0.05) is 6.07 Å². The molecule has 1 amide bonds. The van der Waals surface area contributed by atoms with Gasteiger partial charge in [-0.25, -0.2) is 9.45 Å². The van der Waals surface area contributed by atoms with Crippen LogP contribution in [0.5, 0.6) is 0 Å². The monoisotopic (exact) mass is 238 g/mol. The molecule has 1 fully saturated rings. The van der Waals surface area contributed by atoms with E-state index >= 15 is 0 Å². The number of carbonyl (C=O) groups is 1. The molecule has 1 heterocycles. The molecule has 4 nitrogen and oxygen atoms in total. The molecule has 1 saturated heterocycles. The molecular formula is C12H15FN2O2. The van der Waals surface area contributed by atoms with Crippen LogP contribution in [-0.4, -0.2) is 17.6 Å². The zero-order valence-electron chi connectivity index (χ0n) is 9.87. The molecule has 0 spiro atoms. The van der Waals surface area contributed by atoms with E-state index in [2.05, 4.69) is 0 Å². The minimum atomic E-state index is -0.537. The molecule has 5 heteroatoms. The van der Waals surface area contributed by atoms with Gasteiger partial charge >= 0.3 is 0 Å². The Morgan fingerprint density at radius 2 is 2.24 bits per heavy atom. The fraction of sp³-hybridized carbons (Fsp3) is 0.417. The Kier molecular flexibility index (Phi) is 2.79. The van der Waals surface area contributed by atoms with Crippen LogP contribution in [0.25, 0.3) is 0 Å². The number of amides is 1. The van der Waals surface area contributed by atoms with Crippen LogP contribution in [0.4, 0.5) is 10.1 Å². The number of hydrogen-bond acceptors (Lipinski definition) is 3. The maximum absolute atomic E-state index is 13.6. The van der Waals surface area contributed by atoms with Crippen LogP contribution >= 0.6 is 0 Å². The van der Waals surface area contributed by atoms with Crippen molar-refractivity contribution in [3.8, 4) is 0 Å². The molecule has 92 valence electrons. The van der Waals surface area contributed by atoms with Crippen molar-refractivity contribution in [2.75, 3.05) is 12.3 Å². The summed E-state index contributed by atoms with van der Waals surface area (Å²) in [5, 5.41) is 1.20. The minimum absolute atomic E-state index is 0.106. The van der Waals surface area contributed by atoms with Gasteiger partial charge in [-0.15, -0.1) is 0 Å². The topological polar surface area (TPSA) is 55.6 Å². The lowest BCUT2D eigenvalue weighted by atomic mass is 9.95. The Hall–Kier alpha value is -1.62. The number of nitrogens with zero attached hydrogens (tertiary/aromatic N) is 1. The summed E-state index contributed by atoms with van der Waals surface area (Å²) >= 11 is 0. The summed E-state index contributed by atoms with van der Waals surface area (Å²) in [4.78, 5) is 17.1. The van der Waals surface area contributed by atoms with Crippen molar-refractivity contribution in [1.29, 1.82) is 0 Å². The number of benzene rings is 1. The van der Waals surface area contributed by atoms with Gasteiger partial charge in [-0.3, -0.25) is 9.63 Å². The molecule has 0 saturated carbocycles. The Bertz CT molecular complexity index is 460. The van der Waals surface area contributed by atoms with Crippen LogP contribution in [-0.2, 0) is 16.2 Å². The summed E-state index contributed by atoms with van der Waals surface area (Å²) in [5.41, 5.74) is 5.67. The van der Waals surface area contributed by atoms with E-state index in [1.54, 1.807) is 26.0 Å². The summed E-state index contributed by atoms with van der Waals surface area (Å²) in [6.07, 6.45) is 0. The fourth-order valence-corrected chi connectivity index (χ4v) is 1.66. The number of anilines is 1. The molecule has 0 bridgehead atoms. The Balaban J connectivity index is 2.15. The molecule has 1 aromatic carbocycles. The van der Waals surface area contributed by atoms with Gasteiger partial charge in [0.1, 0.15) is 5.82 Å². The first kappa shape index (κ1) is 11.9. The van der Waals surface area contributed by atoms with Crippen LogP contribution in [0.2, 0.25) is 0 Å². The van der Waals surface area contributed by atoms with Gasteiger partial charge in [0.15, 0.2) is 0 Å². The van der Waals surface area contributed by atoms with E-state index in [4.69, 9.17) is 10.6 Å². The SMILES string of the molecule is CC1(C)CON(Cc2ccc(N)cc2F)C1=O. The van der Waals surface area contributed by atoms with E-state index < -0.39 is 11.2 Å². The molecule has 2 N–H and O–H groups in total. The first-order valence-corrected chi connectivity index (χ1v) is 5.39. The van der Waals surface area contributed by atoms with Crippen LogP contribution in [0, 0.1) is 11.2 Å². The minimum Gasteiger partial charge on any atom is -0.399 e. The van der Waals surface area contributed by atoms with E-state index in [0.717, 1.165) is 0 Å². The Morgan fingerprint density at radius 1 is 1.53 bits per heavy atom. The number of rotatable bonds is 2. The third kappa shape index (κ3) is 2.24. The third-order valence-corrected chi connectivity index (χ3v) is 2.78. The Morgan fingerprint density at radius 3 is 2.76 bits per heavy atom. The van der Waals surface area contributed by atoms with Crippen molar-refractivity contribution in [2.24, 2.45) is 5.41 Å². The highest BCUT2D eigenvalue weighted by Gasteiger charge is 2.40. The summed E-state index contributed by atoms with van der Waals surface area (Å²) in [6.45, 7) is 4.03. The lowest BCUT2D eigenvalue weighted by Crippen LogP contribution is -2.30. The zero-order chi connectivity index (χ0) is 12.6. The van der Waals surface area contributed by atoms with E-state index in [9.17, 15) is 9.18 Å². The average Bonchev–Trinajstić information content (AvgIpc) is 2.49. The molecule has 0 unspecified atom stereocenters. The standard InChI is InChI=1S/C12H15FN2O2/c1-12(2)7-17-15(11(12)16)6-8-3-4-9(14)5-10(8)13/h3-5H,6-7,14H2,1-2H3. The average molecular weight is 238 g/mol. The van der Waals surface area contributed by atoms with Crippen LogP contribution in [0.3, 0.4) is 0 Å². The summed E-state index contributed by atoms with van der Waals surface area (Å²) in [7, 11) is 0. The van der Waals surface area contributed by atoms with Gasteiger partial charge < -0.3 is 5.73 Å². The van der Waals surface area contributed by atoms with Gasteiger partial charge in [-0.05, 0) is 26.0 Å². The molecule has 2 rings (SSSR count). The maximum atomic E-state index is 13.6. The second-order valence-electron chi connectivity index (χ2n) is 4.85. The molecule has 0 atom stereocenters. The van der Waals surface area contributed by atoms with Gasteiger partial charge in [0.2, 0.25) is 0 Å². The normalized spacial score (nSPS) is 18.8. The summed E-state index contributed by atoms with van der Waals surface area (Å²) in [5.74, 6) is -0.556. The van der Waals surface area contributed by atoms with E-state index in [0.29, 0.717) is 17.9 Å². The number of halogens is 1. The predicted octanol–water partition coefficient (Wildman–Crippen LogP) is 1.71. The first-order chi connectivity index (χ1) is 7.90. The number of nitrogen functional groups attached to an aromatic ring is 1. The summed E-state index contributed by atoms with van der Waals surface area (Å²) in [6, 6.07) is 4.40. The molecule has 1 aliphatic heterocycles. The smallest absolute Gasteiger partial charge is 0.254 e. The summed E-state index contributed by atoms with van der Waals surface area (Å²) < 4.78 is 13.6. The molecule has 17 heavy (non-hydrogen) atoms. The highest BCUT2D eigenvalue weighted by Crippen LogP contribution is 2.28. The van der Waals surface area contributed by atoms with Crippen molar-refractivity contribution in [3.05, 3.63) is 29.6 Å².